The molecule has 0 amide bonds. The van der Waals surface area contributed by atoms with Gasteiger partial charge in [-0.1, -0.05) is 23.9 Å². The Labute approximate surface area is 164 Å². The number of allylic oxidation sites excluding steroid dienone is 1. The standard InChI is InChI=1S/C21H25N7/c1-15(27-10-4-6-19(22)14-27)12-24-21-16(2)28(26-25-21)13-17-7-8-20-18(11-17)5-3-9-23-20/h3,5,7-9,11-12,19H,2,4,6,10,13-14,22H2,1H3/b15-12+,24-21+/t19-/m1/s1. The molecule has 0 unspecified atom stereocenters. The molecule has 4 rings (SSSR count). The molecule has 1 fully saturated rings. The first-order valence-corrected chi connectivity index (χ1v) is 9.57. The Bertz CT molecular complexity index is 976. The third kappa shape index (κ3) is 3.94. The van der Waals surface area contributed by atoms with E-state index in [9.17, 15) is 0 Å². The van der Waals surface area contributed by atoms with Crippen LogP contribution < -0.4 is 5.73 Å². The molecule has 2 N–H and O–H groups in total. The number of fused-ring (bicyclic) bond motifs is 1. The number of nitrogens with zero attached hydrogens (tertiary/aromatic N) is 6. The first-order chi connectivity index (χ1) is 13.6. The molecule has 1 aromatic heterocycles. The molecule has 7 heteroatoms. The molecule has 0 aliphatic carbocycles. The maximum atomic E-state index is 6.07. The highest BCUT2D eigenvalue weighted by Gasteiger charge is 2.20. The molecule has 0 radical (unpaired) electrons. The minimum absolute atomic E-state index is 0.235. The van der Waals surface area contributed by atoms with Crippen LogP contribution >= 0.6 is 0 Å². The zero-order chi connectivity index (χ0) is 19.5. The summed E-state index contributed by atoms with van der Waals surface area (Å²) < 4.78 is 0. The first-order valence-electron chi connectivity index (χ1n) is 9.57. The Kier molecular flexibility index (Phi) is 5.16. The van der Waals surface area contributed by atoms with Crippen molar-refractivity contribution in [3.8, 4) is 0 Å². The Hall–Kier alpha value is -3.06. The summed E-state index contributed by atoms with van der Waals surface area (Å²) in [6.45, 7) is 8.65. The first kappa shape index (κ1) is 18.3. The maximum absolute atomic E-state index is 6.07. The number of rotatable bonds is 4. The van der Waals surface area contributed by atoms with Gasteiger partial charge in [-0.2, -0.15) is 0 Å². The normalized spacial score (nSPS) is 21.9. The van der Waals surface area contributed by atoms with Crippen molar-refractivity contribution in [3.63, 3.8) is 0 Å². The van der Waals surface area contributed by atoms with Crippen molar-refractivity contribution >= 4 is 16.7 Å². The highest BCUT2D eigenvalue weighted by atomic mass is 15.6. The second-order valence-electron chi connectivity index (χ2n) is 7.30. The van der Waals surface area contributed by atoms with Crippen LogP contribution in [0.15, 0.2) is 76.0 Å². The molecule has 0 spiro atoms. The summed E-state index contributed by atoms with van der Waals surface area (Å²) >= 11 is 0. The molecule has 2 aliphatic heterocycles. The van der Waals surface area contributed by atoms with Gasteiger partial charge in [0, 0.05) is 42.6 Å². The molecule has 7 nitrogen and oxygen atoms in total. The second kappa shape index (κ2) is 7.90. The Morgan fingerprint density at radius 1 is 1.39 bits per heavy atom. The lowest BCUT2D eigenvalue weighted by Crippen LogP contribution is -2.41. The van der Waals surface area contributed by atoms with Crippen LogP contribution in [0.2, 0.25) is 0 Å². The molecule has 1 aromatic carbocycles. The Morgan fingerprint density at radius 3 is 3.14 bits per heavy atom. The number of piperidine rings is 1. The number of aliphatic imine (C=N–C) groups is 1. The van der Waals surface area contributed by atoms with E-state index >= 15 is 0 Å². The van der Waals surface area contributed by atoms with Crippen LogP contribution in [-0.4, -0.2) is 39.9 Å². The smallest absolute Gasteiger partial charge is 0.201 e. The van der Waals surface area contributed by atoms with Gasteiger partial charge in [-0.3, -0.25) is 4.98 Å². The molecule has 0 bridgehead atoms. The van der Waals surface area contributed by atoms with Crippen molar-refractivity contribution in [1.82, 2.24) is 14.9 Å². The van der Waals surface area contributed by atoms with E-state index in [1.165, 1.54) is 0 Å². The SMILES string of the molecule is C=C1/C(=N\C=C(/C)N2CCC[C@@H](N)C2)N=NN1Cc1ccc2ncccc2c1. The van der Waals surface area contributed by atoms with Crippen molar-refractivity contribution < 1.29 is 0 Å². The third-order valence-electron chi connectivity index (χ3n) is 5.15. The van der Waals surface area contributed by atoms with Gasteiger partial charge in [-0.05, 0) is 43.5 Å². The number of nitrogens with two attached hydrogens (primary N) is 1. The van der Waals surface area contributed by atoms with Crippen LogP contribution in [0, 0.1) is 0 Å². The van der Waals surface area contributed by atoms with Gasteiger partial charge in [-0.25, -0.2) is 10.0 Å². The number of hydrogen-bond acceptors (Lipinski definition) is 6. The van der Waals surface area contributed by atoms with Crippen LogP contribution in [0.1, 0.15) is 25.3 Å². The minimum atomic E-state index is 0.235. The van der Waals surface area contributed by atoms with Gasteiger partial charge in [0.2, 0.25) is 5.84 Å². The van der Waals surface area contributed by atoms with E-state index in [-0.39, 0.29) is 6.04 Å². The molecule has 1 atom stereocenters. The zero-order valence-electron chi connectivity index (χ0n) is 16.1. The Balaban J connectivity index is 1.43. The van der Waals surface area contributed by atoms with Crippen molar-refractivity contribution in [1.29, 1.82) is 0 Å². The molecule has 2 aliphatic rings. The van der Waals surface area contributed by atoms with Gasteiger partial charge in [0.25, 0.3) is 0 Å². The average Bonchev–Trinajstić information content (AvgIpc) is 3.05. The van der Waals surface area contributed by atoms with Crippen LogP contribution in [0.4, 0.5) is 0 Å². The lowest BCUT2D eigenvalue weighted by molar-refractivity contribution is 0.259. The molecular weight excluding hydrogens is 350 g/mol. The summed E-state index contributed by atoms with van der Waals surface area (Å²) in [4.78, 5) is 11.1. The van der Waals surface area contributed by atoms with E-state index in [1.54, 1.807) is 11.2 Å². The summed E-state index contributed by atoms with van der Waals surface area (Å²) in [6.07, 6.45) is 5.84. The van der Waals surface area contributed by atoms with Crippen LogP contribution in [0.3, 0.4) is 0 Å². The number of likely N-dealkylation sites (tertiary alicyclic amines) is 1. The molecule has 0 saturated carbocycles. The van der Waals surface area contributed by atoms with Crippen LogP contribution in [0.25, 0.3) is 10.9 Å². The third-order valence-corrected chi connectivity index (χ3v) is 5.15. The predicted molar refractivity (Wildman–Crippen MR) is 111 cm³/mol. The number of benzene rings is 1. The van der Waals surface area contributed by atoms with Gasteiger partial charge >= 0.3 is 0 Å². The van der Waals surface area contributed by atoms with Crippen molar-refractivity contribution in [3.05, 3.63) is 66.3 Å². The minimum Gasteiger partial charge on any atom is -0.372 e. The fourth-order valence-electron chi connectivity index (χ4n) is 3.51. The van der Waals surface area contributed by atoms with Crippen molar-refractivity contribution in [2.24, 2.45) is 21.1 Å². The molecule has 3 heterocycles. The number of hydrogen-bond donors (Lipinski definition) is 1. The molecular formula is C21H25N7. The molecule has 2 aromatic rings. The topological polar surface area (TPSA) is 82.5 Å². The van der Waals surface area contributed by atoms with E-state index in [1.807, 2.05) is 18.3 Å². The van der Waals surface area contributed by atoms with Gasteiger partial charge in [0.15, 0.2) is 0 Å². The molecule has 144 valence electrons. The van der Waals surface area contributed by atoms with Crippen LogP contribution in [0.5, 0.6) is 0 Å². The van der Waals surface area contributed by atoms with Crippen LogP contribution in [-0.2, 0) is 6.54 Å². The number of pyridine rings is 1. The summed E-state index contributed by atoms with van der Waals surface area (Å²) in [7, 11) is 0. The van der Waals surface area contributed by atoms with E-state index in [0.717, 1.165) is 48.1 Å². The predicted octanol–water partition coefficient (Wildman–Crippen LogP) is 3.61. The fourth-order valence-corrected chi connectivity index (χ4v) is 3.51. The summed E-state index contributed by atoms with van der Waals surface area (Å²) in [5.41, 5.74) is 9.96. The number of amidine groups is 1. The summed E-state index contributed by atoms with van der Waals surface area (Å²) in [5, 5.41) is 11.3. The summed E-state index contributed by atoms with van der Waals surface area (Å²) in [6, 6.07) is 10.4. The van der Waals surface area contributed by atoms with Gasteiger partial charge < -0.3 is 10.6 Å². The van der Waals surface area contributed by atoms with Crippen molar-refractivity contribution in [2.45, 2.75) is 32.4 Å². The highest BCUT2D eigenvalue weighted by molar-refractivity contribution is 5.99. The molecule has 1 saturated heterocycles. The van der Waals surface area contributed by atoms with Gasteiger partial charge in [0.1, 0.15) is 5.70 Å². The Morgan fingerprint density at radius 2 is 2.29 bits per heavy atom. The summed E-state index contributed by atoms with van der Waals surface area (Å²) in [5.74, 6) is 0.545. The molecule has 28 heavy (non-hydrogen) atoms. The second-order valence-corrected chi connectivity index (χ2v) is 7.30. The zero-order valence-corrected chi connectivity index (χ0v) is 16.1. The quantitative estimate of drug-likeness (QED) is 0.885. The van der Waals surface area contributed by atoms with E-state index < -0.39 is 0 Å². The van der Waals surface area contributed by atoms with Gasteiger partial charge in [0.05, 0.1) is 12.1 Å². The number of aromatic nitrogens is 1. The lowest BCUT2D eigenvalue weighted by Gasteiger charge is -2.32. The lowest BCUT2D eigenvalue weighted by atomic mass is 10.1. The largest absolute Gasteiger partial charge is 0.372 e. The highest BCUT2D eigenvalue weighted by Crippen LogP contribution is 2.22. The monoisotopic (exact) mass is 375 g/mol. The van der Waals surface area contributed by atoms with E-state index in [2.05, 4.69) is 56.9 Å². The average molecular weight is 375 g/mol. The van der Waals surface area contributed by atoms with Gasteiger partial charge in [-0.15, -0.1) is 5.11 Å². The fraction of sp³-hybridized carbons (Fsp3) is 0.333. The van der Waals surface area contributed by atoms with E-state index in [4.69, 9.17) is 5.73 Å². The maximum Gasteiger partial charge on any atom is 0.201 e. The van der Waals surface area contributed by atoms with Crippen molar-refractivity contribution in [2.75, 3.05) is 13.1 Å². The van der Waals surface area contributed by atoms with E-state index in [0.29, 0.717) is 18.1 Å².